The average molecular weight is 277 g/mol. The Morgan fingerprint density at radius 1 is 1.22 bits per heavy atom. The number of hydrogen-bond donors (Lipinski definition) is 1. The highest BCUT2D eigenvalue weighted by Gasteiger charge is 2.08. The van der Waals surface area contributed by atoms with Gasteiger partial charge in [-0.15, -0.1) is 23.1 Å². The molecule has 1 unspecified atom stereocenters. The molecule has 0 aliphatic carbocycles. The molecule has 1 aromatic carbocycles. The van der Waals surface area contributed by atoms with Crippen LogP contribution in [0.4, 0.5) is 0 Å². The van der Waals surface area contributed by atoms with E-state index in [0.717, 1.165) is 12.3 Å². The number of hydrogen-bond acceptors (Lipinski definition) is 3. The molecule has 0 saturated heterocycles. The fraction of sp³-hybridized carbons (Fsp3) is 0.333. The molecular formula is C15H19NS2. The van der Waals surface area contributed by atoms with Gasteiger partial charge in [-0.1, -0.05) is 18.2 Å². The van der Waals surface area contributed by atoms with E-state index in [9.17, 15) is 0 Å². The van der Waals surface area contributed by atoms with Gasteiger partial charge in [0.25, 0.3) is 0 Å². The van der Waals surface area contributed by atoms with Gasteiger partial charge in [0.1, 0.15) is 0 Å². The van der Waals surface area contributed by atoms with Crippen LogP contribution in [0.2, 0.25) is 0 Å². The summed E-state index contributed by atoms with van der Waals surface area (Å²) in [6, 6.07) is 13.2. The summed E-state index contributed by atoms with van der Waals surface area (Å²) in [5.74, 6) is 1.11. The van der Waals surface area contributed by atoms with E-state index < -0.39 is 0 Å². The first kappa shape index (κ1) is 13.7. The molecule has 1 atom stereocenters. The summed E-state index contributed by atoms with van der Waals surface area (Å²) in [6.45, 7) is 5.47. The van der Waals surface area contributed by atoms with Crippen LogP contribution in [0.5, 0.6) is 0 Å². The van der Waals surface area contributed by atoms with Crippen molar-refractivity contribution < 1.29 is 0 Å². The molecule has 0 fully saturated rings. The van der Waals surface area contributed by atoms with Crippen LogP contribution in [0, 0.1) is 6.92 Å². The van der Waals surface area contributed by atoms with Gasteiger partial charge in [0, 0.05) is 28.1 Å². The lowest BCUT2D eigenvalue weighted by molar-refractivity contribution is 0.608. The summed E-state index contributed by atoms with van der Waals surface area (Å²) in [7, 11) is 0. The number of thiophene rings is 1. The van der Waals surface area contributed by atoms with E-state index in [4.69, 9.17) is 0 Å². The van der Waals surface area contributed by atoms with Crippen LogP contribution < -0.4 is 5.32 Å². The van der Waals surface area contributed by atoms with E-state index in [0.29, 0.717) is 6.04 Å². The van der Waals surface area contributed by atoms with E-state index in [-0.39, 0.29) is 0 Å². The van der Waals surface area contributed by atoms with Crippen molar-refractivity contribution in [3.05, 3.63) is 52.2 Å². The molecule has 1 N–H and O–H groups in total. The lowest BCUT2D eigenvalue weighted by Gasteiger charge is -2.13. The number of rotatable bonds is 6. The molecular weight excluding hydrogens is 258 g/mol. The van der Waals surface area contributed by atoms with Crippen molar-refractivity contribution in [2.45, 2.75) is 24.8 Å². The Labute approximate surface area is 118 Å². The molecule has 96 valence electrons. The summed E-state index contributed by atoms with van der Waals surface area (Å²) in [5, 5.41) is 5.75. The van der Waals surface area contributed by atoms with Gasteiger partial charge in [-0.3, -0.25) is 0 Å². The zero-order valence-corrected chi connectivity index (χ0v) is 12.5. The van der Waals surface area contributed by atoms with Crippen molar-refractivity contribution in [3.8, 4) is 0 Å². The predicted octanol–water partition coefficient (Wildman–Crippen LogP) is 4.50. The fourth-order valence-electron chi connectivity index (χ4n) is 1.88. The van der Waals surface area contributed by atoms with Crippen molar-refractivity contribution in [1.29, 1.82) is 0 Å². The minimum Gasteiger partial charge on any atom is -0.309 e. The van der Waals surface area contributed by atoms with Crippen molar-refractivity contribution in [2.75, 3.05) is 12.3 Å². The molecule has 3 heteroatoms. The van der Waals surface area contributed by atoms with Crippen molar-refractivity contribution in [1.82, 2.24) is 5.32 Å². The first-order chi connectivity index (χ1) is 8.77. The van der Waals surface area contributed by atoms with Crippen LogP contribution in [-0.4, -0.2) is 12.3 Å². The minimum atomic E-state index is 0.460. The van der Waals surface area contributed by atoms with E-state index in [2.05, 4.69) is 60.9 Å². The fourth-order valence-corrected chi connectivity index (χ4v) is 3.65. The van der Waals surface area contributed by atoms with Crippen molar-refractivity contribution >= 4 is 23.1 Å². The highest BCUT2D eigenvalue weighted by Crippen LogP contribution is 2.23. The minimum absolute atomic E-state index is 0.460. The zero-order chi connectivity index (χ0) is 12.8. The standard InChI is InChI=1S/C15H19NS2/c1-12-8-10-18-15(12)13(2)16-9-11-17-14-6-4-3-5-7-14/h3-8,10,13,16H,9,11H2,1-2H3. The van der Waals surface area contributed by atoms with Crippen LogP contribution in [-0.2, 0) is 0 Å². The number of thioether (sulfide) groups is 1. The van der Waals surface area contributed by atoms with Crippen molar-refractivity contribution in [3.63, 3.8) is 0 Å². The topological polar surface area (TPSA) is 12.0 Å². The normalized spacial score (nSPS) is 12.6. The molecule has 0 bridgehead atoms. The third-order valence-corrected chi connectivity index (χ3v) is 5.07. The predicted molar refractivity (Wildman–Crippen MR) is 82.6 cm³/mol. The smallest absolute Gasteiger partial charge is 0.0389 e. The quantitative estimate of drug-likeness (QED) is 0.616. The Morgan fingerprint density at radius 3 is 2.67 bits per heavy atom. The molecule has 0 aliphatic heterocycles. The summed E-state index contributed by atoms with van der Waals surface area (Å²) in [5.41, 5.74) is 1.40. The Morgan fingerprint density at radius 2 is 2.00 bits per heavy atom. The van der Waals surface area contributed by atoms with Gasteiger partial charge < -0.3 is 5.32 Å². The van der Waals surface area contributed by atoms with Crippen LogP contribution >= 0.6 is 23.1 Å². The molecule has 2 aromatic rings. The maximum Gasteiger partial charge on any atom is 0.0389 e. The molecule has 0 saturated carbocycles. The third-order valence-electron chi connectivity index (χ3n) is 2.86. The molecule has 0 aliphatic rings. The molecule has 0 radical (unpaired) electrons. The second-order valence-electron chi connectivity index (χ2n) is 4.31. The Bertz CT molecular complexity index is 464. The summed E-state index contributed by atoms with van der Waals surface area (Å²) in [6.07, 6.45) is 0. The largest absolute Gasteiger partial charge is 0.309 e. The van der Waals surface area contributed by atoms with Gasteiger partial charge >= 0.3 is 0 Å². The Balaban J connectivity index is 1.71. The van der Waals surface area contributed by atoms with Crippen LogP contribution in [0.25, 0.3) is 0 Å². The molecule has 1 aromatic heterocycles. The van der Waals surface area contributed by atoms with Gasteiger partial charge in [-0.25, -0.2) is 0 Å². The molecule has 18 heavy (non-hydrogen) atoms. The molecule has 1 heterocycles. The lowest BCUT2D eigenvalue weighted by atomic mass is 10.2. The van der Waals surface area contributed by atoms with E-state index >= 15 is 0 Å². The van der Waals surface area contributed by atoms with Crippen molar-refractivity contribution in [2.24, 2.45) is 0 Å². The van der Waals surface area contributed by atoms with E-state index in [1.165, 1.54) is 15.3 Å². The Hall–Kier alpha value is -0.770. The second kappa shape index (κ2) is 6.98. The zero-order valence-electron chi connectivity index (χ0n) is 10.8. The van der Waals surface area contributed by atoms with Crippen LogP contribution in [0.15, 0.2) is 46.7 Å². The highest BCUT2D eigenvalue weighted by molar-refractivity contribution is 7.99. The SMILES string of the molecule is Cc1ccsc1C(C)NCCSc1ccccc1. The van der Waals surface area contributed by atoms with Gasteiger partial charge in [-0.05, 0) is 43.0 Å². The number of benzene rings is 1. The van der Waals surface area contributed by atoms with Gasteiger partial charge in [0.2, 0.25) is 0 Å². The lowest BCUT2D eigenvalue weighted by Crippen LogP contribution is -2.21. The second-order valence-corrected chi connectivity index (χ2v) is 6.42. The maximum atomic E-state index is 3.59. The molecule has 1 nitrogen and oxygen atoms in total. The van der Waals surface area contributed by atoms with Gasteiger partial charge in [0.05, 0.1) is 0 Å². The van der Waals surface area contributed by atoms with E-state index in [1.54, 1.807) is 0 Å². The van der Waals surface area contributed by atoms with Gasteiger partial charge in [0.15, 0.2) is 0 Å². The number of nitrogens with one attached hydrogen (secondary N) is 1. The average Bonchev–Trinajstić information content (AvgIpc) is 2.82. The van der Waals surface area contributed by atoms with Crippen LogP contribution in [0.1, 0.15) is 23.4 Å². The third kappa shape index (κ3) is 3.87. The summed E-state index contributed by atoms with van der Waals surface area (Å²) < 4.78 is 0. The molecule has 0 spiro atoms. The first-order valence-electron chi connectivity index (χ1n) is 6.22. The summed E-state index contributed by atoms with van der Waals surface area (Å²) in [4.78, 5) is 2.80. The number of aryl methyl sites for hydroxylation is 1. The first-order valence-corrected chi connectivity index (χ1v) is 8.09. The van der Waals surface area contributed by atoms with E-state index in [1.807, 2.05) is 23.1 Å². The molecule has 0 amide bonds. The Kier molecular flexibility index (Phi) is 5.29. The van der Waals surface area contributed by atoms with Gasteiger partial charge in [-0.2, -0.15) is 0 Å². The summed E-state index contributed by atoms with van der Waals surface area (Å²) >= 11 is 3.75. The monoisotopic (exact) mass is 277 g/mol. The highest BCUT2D eigenvalue weighted by atomic mass is 32.2. The maximum absolute atomic E-state index is 3.59. The van der Waals surface area contributed by atoms with Crippen LogP contribution in [0.3, 0.4) is 0 Å². The molecule has 2 rings (SSSR count).